The van der Waals surface area contributed by atoms with Gasteiger partial charge in [-0.2, -0.15) is 0 Å². The second-order valence-corrected chi connectivity index (χ2v) is 7.52. The number of nitrogens with zero attached hydrogens (tertiary/aromatic N) is 1. The zero-order valence-electron chi connectivity index (χ0n) is 16.8. The minimum absolute atomic E-state index is 0. The van der Waals surface area contributed by atoms with Crippen LogP contribution in [0.1, 0.15) is 28.8 Å². The number of urea groups is 1. The second kappa shape index (κ2) is 10.3. The first-order valence-corrected chi connectivity index (χ1v) is 10.1. The number of imide groups is 1. The number of nitrogens with one attached hydrogen (secondary N) is 3. The Balaban J connectivity index is 0.00000256. The molecule has 0 saturated carbocycles. The molecule has 1 aliphatic rings. The maximum Gasteiger partial charge on any atom is 0.321 e. The normalized spacial score (nSPS) is 14.8. The summed E-state index contributed by atoms with van der Waals surface area (Å²) >= 11 is 0. The predicted molar refractivity (Wildman–Crippen MR) is 121 cm³/mol. The quantitative estimate of drug-likeness (QED) is 0.581. The van der Waals surface area contributed by atoms with Crippen molar-refractivity contribution >= 4 is 35.2 Å². The number of aromatic amines is 1. The fourth-order valence-electron chi connectivity index (χ4n) is 3.90. The summed E-state index contributed by atoms with van der Waals surface area (Å²) in [5.74, 6) is -0.376. The van der Waals surface area contributed by atoms with Crippen LogP contribution in [0.15, 0.2) is 60.8 Å². The van der Waals surface area contributed by atoms with Gasteiger partial charge in [0.2, 0.25) is 0 Å². The standard InChI is InChI=1S/C23H26N4O2.ClH/c28-22(17-6-2-1-3-7-17)26-23(29)25-19-11-14-27(15-12-19)13-10-18-16-24-21-9-5-4-8-20(18)21;/h1-9,16,19,24H,10-15H2,(H2,25,26,28,29);1H. The third-order valence-corrected chi connectivity index (χ3v) is 5.56. The number of carbonyl (C=O) groups is 2. The summed E-state index contributed by atoms with van der Waals surface area (Å²) in [4.78, 5) is 29.9. The lowest BCUT2D eigenvalue weighted by molar-refractivity contribution is 0.0962. The van der Waals surface area contributed by atoms with Crippen molar-refractivity contribution in [1.29, 1.82) is 0 Å². The Hall–Kier alpha value is -2.83. The molecule has 0 radical (unpaired) electrons. The molecule has 3 amide bonds. The van der Waals surface area contributed by atoms with E-state index >= 15 is 0 Å². The zero-order valence-corrected chi connectivity index (χ0v) is 17.6. The van der Waals surface area contributed by atoms with E-state index in [1.54, 1.807) is 24.3 Å². The summed E-state index contributed by atoms with van der Waals surface area (Å²) in [6.45, 7) is 2.90. The van der Waals surface area contributed by atoms with Gasteiger partial charge in [0.25, 0.3) is 5.91 Å². The Morgan fingerprint density at radius 2 is 1.70 bits per heavy atom. The van der Waals surface area contributed by atoms with Crippen molar-refractivity contribution in [2.75, 3.05) is 19.6 Å². The van der Waals surface area contributed by atoms with Crippen molar-refractivity contribution in [1.82, 2.24) is 20.5 Å². The minimum atomic E-state index is -0.420. The number of H-pyrrole nitrogens is 1. The van der Waals surface area contributed by atoms with Gasteiger partial charge in [0.15, 0.2) is 0 Å². The van der Waals surface area contributed by atoms with Gasteiger partial charge in [-0.25, -0.2) is 4.79 Å². The maximum absolute atomic E-state index is 12.1. The lowest BCUT2D eigenvalue weighted by Crippen LogP contribution is -2.49. The SMILES string of the molecule is Cl.O=C(NC(=O)c1ccccc1)NC1CCN(CCc2c[nH]c3ccccc23)CC1. The van der Waals surface area contributed by atoms with Crippen LogP contribution in [0.2, 0.25) is 0 Å². The Labute approximate surface area is 182 Å². The molecule has 6 nitrogen and oxygen atoms in total. The minimum Gasteiger partial charge on any atom is -0.361 e. The average Bonchev–Trinajstić information content (AvgIpc) is 3.17. The molecule has 30 heavy (non-hydrogen) atoms. The smallest absolute Gasteiger partial charge is 0.321 e. The lowest BCUT2D eigenvalue weighted by atomic mass is 10.0. The number of halogens is 1. The highest BCUT2D eigenvalue weighted by atomic mass is 35.5. The van der Waals surface area contributed by atoms with Crippen LogP contribution in [0.5, 0.6) is 0 Å². The van der Waals surface area contributed by atoms with E-state index in [1.807, 2.05) is 12.1 Å². The van der Waals surface area contributed by atoms with Gasteiger partial charge in [0.05, 0.1) is 0 Å². The first kappa shape index (κ1) is 21.9. The van der Waals surface area contributed by atoms with Crippen molar-refractivity contribution in [3.63, 3.8) is 0 Å². The van der Waals surface area contributed by atoms with Crippen LogP contribution < -0.4 is 10.6 Å². The van der Waals surface area contributed by atoms with Crippen LogP contribution in [-0.2, 0) is 6.42 Å². The molecule has 4 rings (SSSR count). The van der Waals surface area contributed by atoms with Crippen molar-refractivity contribution in [3.8, 4) is 0 Å². The van der Waals surface area contributed by atoms with Crippen molar-refractivity contribution in [3.05, 3.63) is 71.9 Å². The molecule has 7 heteroatoms. The van der Waals surface area contributed by atoms with E-state index in [1.165, 1.54) is 16.5 Å². The summed E-state index contributed by atoms with van der Waals surface area (Å²) in [5.41, 5.74) is 3.01. The topological polar surface area (TPSA) is 77.2 Å². The Kier molecular flexibility index (Phi) is 7.49. The molecule has 1 saturated heterocycles. The van der Waals surface area contributed by atoms with Gasteiger partial charge >= 0.3 is 6.03 Å². The largest absolute Gasteiger partial charge is 0.361 e. The summed E-state index contributed by atoms with van der Waals surface area (Å²) in [6.07, 6.45) is 4.89. The summed E-state index contributed by atoms with van der Waals surface area (Å²) in [5, 5.41) is 6.64. The van der Waals surface area contributed by atoms with Gasteiger partial charge in [-0.05, 0) is 43.0 Å². The number of fused-ring (bicyclic) bond motifs is 1. The maximum atomic E-state index is 12.1. The number of hydrogen-bond acceptors (Lipinski definition) is 3. The summed E-state index contributed by atoms with van der Waals surface area (Å²) < 4.78 is 0. The number of amides is 3. The molecule has 1 fully saturated rings. The van der Waals surface area contributed by atoms with Crippen LogP contribution in [0.4, 0.5) is 4.79 Å². The number of benzene rings is 2. The van der Waals surface area contributed by atoms with Gasteiger partial charge < -0.3 is 15.2 Å². The first-order chi connectivity index (χ1) is 14.2. The third-order valence-electron chi connectivity index (χ3n) is 5.56. The molecule has 0 unspecified atom stereocenters. The van der Waals surface area contributed by atoms with E-state index in [9.17, 15) is 9.59 Å². The summed E-state index contributed by atoms with van der Waals surface area (Å²) in [7, 11) is 0. The molecular formula is C23H27ClN4O2. The first-order valence-electron chi connectivity index (χ1n) is 10.1. The number of carbonyl (C=O) groups excluding carboxylic acids is 2. The molecule has 0 aliphatic carbocycles. The molecule has 0 spiro atoms. The number of likely N-dealkylation sites (tertiary alicyclic amines) is 1. The zero-order chi connectivity index (χ0) is 20.1. The van der Waals surface area contributed by atoms with Crippen LogP contribution in [0.25, 0.3) is 10.9 Å². The van der Waals surface area contributed by atoms with E-state index in [2.05, 4.69) is 44.9 Å². The fraction of sp³-hybridized carbons (Fsp3) is 0.304. The average molecular weight is 427 g/mol. The van der Waals surface area contributed by atoms with Gasteiger partial charge in [0.1, 0.15) is 0 Å². The number of piperidine rings is 1. The number of aromatic nitrogens is 1. The Morgan fingerprint density at radius 1 is 1.00 bits per heavy atom. The van der Waals surface area contributed by atoms with E-state index < -0.39 is 6.03 Å². The van der Waals surface area contributed by atoms with Crippen LogP contribution in [-0.4, -0.2) is 47.5 Å². The molecular weight excluding hydrogens is 400 g/mol. The highest BCUT2D eigenvalue weighted by Gasteiger charge is 2.21. The third kappa shape index (κ3) is 5.40. The van der Waals surface area contributed by atoms with Crippen molar-refractivity contribution in [2.24, 2.45) is 0 Å². The van der Waals surface area contributed by atoms with Gasteiger partial charge in [-0.3, -0.25) is 10.1 Å². The molecule has 2 heterocycles. The molecule has 0 bridgehead atoms. The van der Waals surface area contributed by atoms with Crippen LogP contribution >= 0.6 is 12.4 Å². The molecule has 1 aromatic heterocycles. The monoisotopic (exact) mass is 426 g/mol. The van der Waals surface area contributed by atoms with E-state index in [0.717, 1.165) is 38.9 Å². The molecule has 158 valence electrons. The summed E-state index contributed by atoms with van der Waals surface area (Å²) in [6, 6.07) is 16.8. The molecule has 1 aliphatic heterocycles. The highest BCUT2D eigenvalue weighted by Crippen LogP contribution is 2.19. The van der Waals surface area contributed by atoms with Crippen molar-refractivity contribution in [2.45, 2.75) is 25.3 Å². The molecule has 3 aromatic rings. The van der Waals surface area contributed by atoms with E-state index in [0.29, 0.717) is 5.56 Å². The van der Waals surface area contributed by atoms with Gasteiger partial charge in [-0.1, -0.05) is 36.4 Å². The predicted octanol–water partition coefficient (Wildman–Crippen LogP) is 3.74. The lowest BCUT2D eigenvalue weighted by Gasteiger charge is -2.32. The Bertz CT molecular complexity index is 981. The van der Waals surface area contributed by atoms with Crippen LogP contribution in [0.3, 0.4) is 0 Å². The van der Waals surface area contributed by atoms with E-state index in [-0.39, 0.29) is 24.4 Å². The molecule has 3 N–H and O–H groups in total. The molecule has 0 atom stereocenters. The van der Waals surface area contributed by atoms with Crippen molar-refractivity contribution < 1.29 is 9.59 Å². The Morgan fingerprint density at radius 3 is 2.47 bits per heavy atom. The second-order valence-electron chi connectivity index (χ2n) is 7.52. The van der Waals surface area contributed by atoms with Crippen LogP contribution in [0, 0.1) is 0 Å². The molecule has 2 aromatic carbocycles. The van der Waals surface area contributed by atoms with Gasteiger partial charge in [0, 0.05) is 48.3 Å². The fourth-order valence-corrected chi connectivity index (χ4v) is 3.90. The van der Waals surface area contributed by atoms with E-state index in [4.69, 9.17) is 0 Å². The number of para-hydroxylation sites is 1. The number of rotatable bonds is 5. The highest BCUT2D eigenvalue weighted by molar-refractivity contribution is 6.04. The van der Waals surface area contributed by atoms with Gasteiger partial charge in [-0.15, -0.1) is 12.4 Å². The number of hydrogen-bond donors (Lipinski definition) is 3.